The van der Waals surface area contributed by atoms with E-state index in [-0.39, 0.29) is 17.0 Å². The summed E-state index contributed by atoms with van der Waals surface area (Å²) in [4.78, 5) is 38.5. The zero-order valence-electron chi connectivity index (χ0n) is 15.3. The molecular weight excluding hydrogens is 337 g/mol. The average Bonchev–Trinajstić information content (AvgIpc) is 2.68. The Bertz CT molecular complexity index is 764. The summed E-state index contributed by atoms with van der Waals surface area (Å²) in [7, 11) is 0. The summed E-state index contributed by atoms with van der Waals surface area (Å²) in [5.74, 6) is -1.07. The predicted octanol–water partition coefficient (Wildman–Crippen LogP) is 2.90. The summed E-state index contributed by atoms with van der Waals surface area (Å²) < 4.78 is 13.2. The predicted molar refractivity (Wildman–Crippen MR) is 94.8 cm³/mol. The van der Waals surface area contributed by atoms with Gasteiger partial charge in [-0.1, -0.05) is 26.8 Å². The second-order valence-electron chi connectivity index (χ2n) is 8.32. The molecule has 2 N–H and O–H groups in total. The van der Waals surface area contributed by atoms with Gasteiger partial charge in [-0.05, 0) is 48.8 Å². The van der Waals surface area contributed by atoms with Gasteiger partial charge in [-0.15, -0.1) is 0 Å². The van der Waals surface area contributed by atoms with Crippen molar-refractivity contribution in [3.63, 3.8) is 0 Å². The molecule has 1 saturated heterocycles. The third-order valence-corrected chi connectivity index (χ3v) is 5.03. The Morgan fingerprint density at radius 2 is 2.08 bits per heavy atom. The molecule has 1 aromatic rings. The van der Waals surface area contributed by atoms with E-state index in [9.17, 15) is 18.8 Å². The number of carbonyl (C=O) groups is 3. The fourth-order valence-electron chi connectivity index (χ4n) is 4.56. The molecule has 4 amide bonds. The van der Waals surface area contributed by atoms with Crippen LogP contribution >= 0.6 is 0 Å². The van der Waals surface area contributed by atoms with Gasteiger partial charge in [-0.3, -0.25) is 14.5 Å². The minimum absolute atomic E-state index is 0.0690. The Balaban J connectivity index is 1.72. The van der Waals surface area contributed by atoms with Gasteiger partial charge in [0.15, 0.2) is 0 Å². The number of hydrogen-bond acceptors (Lipinski definition) is 3. The highest BCUT2D eigenvalue weighted by atomic mass is 19.1. The maximum Gasteiger partial charge on any atom is 0.325 e. The van der Waals surface area contributed by atoms with Crippen molar-refractivity contribution in [1.82, 2.24) is 10.2 Å². The molecule has 2 aliphatic rings. The third-order valence-electron chi connectivity index (χ3n) is 5.03. The van der Waals surface area contributed by atoms with Crippen LogP contribution in [0.15, 0.2) is 24.3 Å². The molecule has 1 saturated carbocycles. The molecular formula is C19H24FN3O3. The van der Waals surface area contributed by atoms with E-state index >= 15 is 0 Å². The standard InChI is InChI=1S/C19H24FN3O3/c1-12-8-18(2,3)11-19(9-12)16(25)23(17(26)22-19)10-15(24)21-14-6-4-5-13(20)7-14/h4-7,12H,8-11H2,1-3H3,(H,21,24)(H,22,26)/t12-,19-/m1/s1. The van der Waals surface area contributed by atoms with Crippen molar-refractivity contribution in [1.29, 1.82) is 0 Å². The maximum absolute atomic E-state index is 13.2. The highest BCUT2D eigenvalue weighted by molar-refractivity contribution is 6.10. The SMILES string of the molecule is C[C@@H]1CC(C)(C)C[C@@]2(C1)NC(=O)N(CC(=O)Nc1cccc(F)c1)C2=O. The van der Waals surface area contributed by atoms with E-state index in [1.165, 1.54) is 18.2 Å². The highest BCUT2D eigenvalue weighted by Gasteiger charge is 2.56. The number of halogens is 1. The summed E-state index contributed by atoms with van der Waals surface area (Å²) in [5, 5.41) is 5.35. The van der Waals surface area contributed by atoms with Gasteiger partial charge in [-0.2, -0.15) is 0 Å². The molecule has 2 atom stereocenters. The fourth-order valence-corrected chi connectivity index (χ4v) is 4.56. The molecule has 1 heterocycles. The number of anilines is 1. The first-order valence-electron chi connectivity index (χ1n) is 8.80. The Labute approximate surface area is 152 Å². The summed E-state index contributed by atoms with van der Waals surface area (Å²) in [6, 6.07) is 4.91. The normalized spacial score (nSPS) is 27.5. The number of hydrogen-bond donors (Lipinski definition) is 2. The minimum atomic E-state index is -0.933. The van der Waals surface area contributed by atoms with Crippen LogP contribution in [0.4, 0.5) is 14.9 Å². The third kappa shape index (κ3) is 3.57. The second-order valence-corrected chi connectivity index (χ2v) is 8.32. The van der Waals surface area contributed by atoms with Gasteiger partial charge in [0.25, 0.3) is 5.91 Å². The van der Waals surface area contributed by atoms with E-state index in [1.54, 1.807) is 6.07 Å². The van der Waals surface area contributed by atoms with Crippen molar-refractivity contribution in [2.45, 2.75) is 45.6 Å². The molecule has 0 bridgehead atoms. The summed E-state index contributed by atoms with van der Waals surface area (Å²) in [6.45, 7) is 5.85. The largest absolute Gasteiger partial charge is 0.325 e. The van der Waals surface area contributed by atoms with Crippen molar-refractivity contribution in [3.05, 3.63) is 30.1 Å². The molecule has 7 heteroatoms. The molecule has 3 rings (SSSR count). The minimum Gasteiger partial charge on any atom is -0.324 e. The number of benzene rings is 1. The fraction of sp³-hybridized carbons (Fsp3) is 0.526. The van der Waals surface area contributed by atoms with E-state index in [1.807, 2.05) is 0 Å². The van der Waals surface area contributed by atoms with Gasteiger partial charge >= 0.3 is 6.03 Å². The molecule has 0 radical (unpaired) electrons. The number of rotatable bonds is 3. The molecule has 26 heavy (non-hydrogen) atoms. The maximum atomic E-state index is 13.2. The number of urea groups is 1. The lowest BCUT2D eigenvalue weighted by molar-refractivity contribution is -0.136. The molecule has 1 aliphatic carbocycles. The van der Waals surface area contributed by atoms with Gasteiger partial charge in [0, 0.05) is 5.69 Å². The Morgan fingerprint density at radius 3 is 2.73 bits per heavy atom. The first kappa shape index (κ1) is 18.4. The van der Waals surface area contributed by atoms with Gasteiger partial charge in [-0.25, -0.2) is 9.18 Å². The van der Waals surface area contributed by atoms with Crippen LogP contribution in [0.2, 0.25) is 0 Å². The zero-order valence-corrected chi connectivity index (χ0v) is 15.3. The van der Waals surface area contributed by atoms with Gasteiger partial charge in [0.1, 0.15) is 17.9 Å². The van der Waals surface area contributed by atoms with Crippen LogP contribution in [0.25, 0.3) is 0 Å². The lowest BCUT2D eigenvalue weighted by atomic mass is 9.64. The first-order chi connectivity index (χ1) is 12.1. The Hall–Kier alpha value is -2.44. The lowest BCUT2D eigenvalue weighted by Gasteiger charge is -2.43. The van der Waals surface area contributed by atoms with Crippen molar-refractivity contribution < 1.29 is 18.8 Å². The monoisotopic (exact) mass is 361 g/mol. The molecule has 1 aromatic carbocycles. The van der Waals surface area contributed by atoms with E-state index in [4.69, 9.17) is 0 Å². The van der Waals surface area contributed by atoms with Gasteiger partial charge in [0.05, 0.1) is 0 Å². The van der Waals surface area contributed by atoms with Gasteiger partial charge in [0.2, 0.25) is 5.91 Å². The highest BCUT2D eigenvalue weighted by Crippen LogP contribution is 2.46. The number of amides is 4. The van der Waals surface area contributed by atoms with Crippen LogP contribution in [0, 0.1) is 17.2 Å². The average molecular weight is 361 g/mol. The summed E-state index contributed by atoms with van der Waals surface area (Å²) in [6.07, 6.45) is 2.11. The first-order valence-corrected chi connectivity index (χ1v) is 8.80. The van der Waals surface area contributed by atoms with Crippen molar-refractivity contribution in [3.8, 4) is 0 Å². The van der Waals surface area contributed by atoms with Crippen LogP contribution in [0.3, 0.4) is 0 Å². The zero-order chi connectivity index (χ0) is 19.1. The molecule has 1 spiro atoms. The van der Waals surface area contributed by atoms with Crippen LogP contribution < -0.4 is 10.6 Å². The number of imide groups is 1. The molecule has 6 nitrogen and oxygen atoms in total. The molecule has 2 fully saturated rings. The van der Waals surface area contributed by atoms with Crippen LogP contribution in [-0.2, 0) is 9.59 Å². The molecule has 140 valence electrons. The van der Waals surface area contributed by atoms with E-state index in [0.29, 0.717) is 18.8 Å². The smallest absolute Gasteiger partial charge is 0.324 e. The Morgan fingerprint density at radius 1 is 1.35 bits per heavy atom. The topological polar surface area (TPSA) is 78.5 Å². The Kier molecular flexibility index (Phi) is 4.50. The number of nitrogens with zero attached hydrogens (tertiary/aromatic N) is 1. The molecule has 1 aliphatic heterocycles. The van der Waals surface area contributed by atoms with Crippen LogP contribution in [-0.4, -0.2) is 34.8 Å². The summed E-state index contributed by atoms with van der Waals surface area (Å²) in [5.41, 5.74) is -0.720. The second kappa shape index (κ2) is 6.37. The van der Waals surface area contributed by atoms with E-state index in [2.05, 4.69) is 31.4 Å². The van der Waals surface area contributed by atoms with Crippen molar-refractivity contribution in [2.75, 3.05) is 11.9 Å². The molecule has 0 aromatic heterocycles. The van der Waals surface area contributed by atoms with Crippen LogP contribution in [0.5, 0.6) is 0 Å². The van der Waals surface area contributed by atoms with E-state index in [0.717, 1.165) is 11.3 Å². The quantitative estimate of drug-likeness (QED) is 0.813. The van der Waals surface area contributed by atoms with E-state index < -0.39 is 29.8 Å². The van der Waals surface area contributed by atoms with Crippen molar-refractivity contribution in [2.24, 2.45) is 11.3 Å². The molecule has 0 unspecified atom stereocenters. The van der Waals surface area contributed by atoms with Crippen LogP contribution in [0.1, 0.15) is 40.0 Å². The summed E-state index contributed by atoms with van der Waals surface area (Å²) >= 11 is 0. The number of carbonyl (C=O) groups excluding carboxylic acids is 3. The van der Waals surface area contributed by atoms with Crippen molar-refractivity contribution >= 4 is 23.5 Å². The van der Waals surface area contributed by atoms with Gasteiger partial charge < -0.3 is 10.6 Å². The number of nitrogens with one attached hydrogen (secondary N) is 2. The lowest BCUT2D eigenvalue weighted by Crippen LogP contribution is -2.54.